The number of nitrogens with one attached hydrogen (secondary N) is 1. The van der Waals surface area contributed by atoms with Crippen molar-refractivity contribution in [1.29, 1.82) is 0 Å². The van der Waals surface area contributed by atoms with E-state index in [0.29, 0.717) is 11.8 Å². The summed E-state index contributed by atoms with van der Waals surface area (Å²) in [5, 5.41) is 25.7. The molecular weight excluding hydrogens is 480 g/mol. The number of nitrogens with two attached hydrogens (primary N) is 1. The van der Waals surface area contributed by atoms with Crippen LogP contribution in [0.15, 0.2) is 0 Å². The minimum atomic E-state index is -0.742. The minimum Gasteiger partial charge on any atom is -0.443 e. The van der Waals surface area contributed by atoms with Gasteiger partial charge in [-0.2, -0.15) is 0 Å². The molecule has 5 aliphatic carbocycles. The number of hydrogen-bond acceptors (Lipinski definition) is 6. The van der Waals surface area contributed by atoms with Crippen LogP contribution in [0.25, 0.3) is 0 Å². The second-order valence-electron chi connectivity index (χ2n) is 15.6. The van der Waals surface area contributed by atoms with Gasteiger partial charge in [-0.1, -0.05) is 41.5 Å². The van der Waals surface area contributed by atoms with Crippen molar-refractivity contribution in [3.8, 4) is 0 Å². The first-order valence-corrected chi connectivity index (χ1v) is 15.4. The molecule has 7 nitrogen and oxygen atoms in total. The van der Waals surface area contributed by atoms with E-state index in [-0.39, 0.29) is 63.8 Å². The number of fused-ring (bicyclic) bond motifs is 4. The van der Waals surface area contributed by atoms with Crippen molar-refractivity contribution in [2.45, 2.75) is 129 Å². The van der Waals surface area contributed by atoms with Gasteiger partial charge in [-0.3, -0.25) is 0 Å². The number of aliphatic hydroxyl groups excluding tert-OH is 2. The third-order valence-corrected chi connectivity index (χ3v) is 13.8. The first-order chi connectivity index (χ1) is 17.7. The number of carbonyl (C=O) groups is 1. The zero-order chi connectivity index (χ0) is 27.6. The van der Waals surface area contributed by atoms with E-state index in [9.17, 15) is 15.0 Å². The molecule has 2 spiro atoms. The molecule has 6 unspecified atom stereocenters. The van der Waals surface area contributed by atoms with Crippen LogP contribution < -0.4 is 11.1 Å². The summed E-state index contributed by atoms with van der Waals surface area (Å²) in [7, 11) is 1.58. The molecule has 1 aliphatic heterocycles. The van der Waals surface area contributed by atoms with Crippen molar-refractivity contribution >= 4 is 6.09 Å². The molecule has 6 rings (SSSR count). The summed E-state index contributed by atoms with van der Waals surface area (Å²) in [4.78, 5) is 12.2. The van der Waals surface area contributed by atoms with Crippen LogP contribution in [0.3, 0.4) is 0 Å². The molecule has 0 aromatic heterocycles. The average Bonchev–Trinajstić information content (AvgIpc) is 3.49. The Morgan fingerprint density at radius 1 is 1.05 bits per heavy atom. The van der Waals surface area contributed by atoms with E-state index in [2.05, 4.69) is 46.9 Å². The maximum absolute atomic E-state index is 12.2. The molecule has 0 aromatic rings. The maximum Gasteiger partial charge on any atom is 0.407 e. The Bertz CT molecular complexity index is 987. The monoisotopic (exact) mass is 532 g/mol. The highest BCUT2D eigenvalue weighted by Crippen LogP contribution is 2.87. The lowest BCUT2D eigenvalue weighted by molar-refractivity contribution is -0.177. The van der Waals surface area contributed by atoms with Crippen LogP contribution in [-0.2, 0) is 9.47 Å². The molecule has 1 saturated heterocycles. The highest BCUT2D eigenvalue weighted by molar-refractivity contribution is 5.66. The summed E-state index contributed by atoms with van der Waals surface area (Å²) in [6.45, 7) is 13.3. The summed E-state index contributed by atoms with van der Waals surface area (Å²) in [6, 6.07) is 0. The number of aliphatic hydroxyl groups is 2. The fraction of sp³-hybridized carbons (Fsp3) is 0.968. The Kier molecular flexibility index (Phi) is 5.98. The highest BCUT2D eigenvalue weighted by atomic mass is 16.6. The number of carbonyl (C=O) groups excluding carboxylic acids is 1. The van der Waals surface area contributed by atoms with Gasteiger partial charge in [-0.25, -0.2) is 4.79 Å². The van der Waals surface area contributed by atoms with Crippen LogP contribution in [0.1, 0.15) is 92.9 Å². The molecule has 0 bridgehead atoms. The zero-order valence-corrected chi connectivity index (χ0v) is 24.6. The van der Waals surface area contributed by atoms with E-state index >= 15 is 0 Å². The summed E-state index contributed by atoms with van der Waals surface area (Å²) in [5.41, 5.74) is 7.12. The third kappa shape index (κ3) is 3.08. The molecule has 38 heavy (non-hydrogen) atoms. The lowest BCUT2D eigenvalue weighted by Crippen LogP contribution is -2.70. The molecule has 1 heterocycles. The third-order valence-electron chi connectivity index (χ3n) is 13.8. The van der Waals surface area contributed by atoms with Gasteiger partial charge in [0, 0.05) is 7.05 Å². The first-order valence-electron chi connectivity index (χ1n) is 15.4. The molecule has 5 N–H and O–H groups in total. The molecule has 1 amide bonds. The fourth-order valence-corrected chi connectivity index (χ4v) is 12.0. The van der Waals surface area contributed by atoms with Gasteiger partial charge < -0.3 is 30.7 Å². The van der Waals surface area contributed by atoms with Crippen LogP contribution in [-0.4, -0.2) is 59.4 Å². The van der Waals surface area contributed by atoms with Crippen molar-refractivity contribution in [3.05, 3.63) is 0 Å². The van der Waals surface area contributed by atoms with E-state index in [1.54, 1.807) is 7.05 Å². The van der Waals surface area contributed by atoms with Crippen LogP contribution in [0.5, 0.6) is 0 Å². The van der Waals surface area contributed by atoms with Crippen molar-refractivity contribution in [2.75, 3.05) is 7.05 Å². The van der Waals surface area contributed by atoms with Gasteiger partial charge in [0.05, 0.1) is 30.0 Å². The van der Waals surface area contributed by atoms with Crippen molar-refractivity contribution in [1.82, 2.24) is 5.32 Å². The minimum absolute atomic E-state index is 0.0704. The predicted octanol–water partition coefficient (Wildman–Crippen LogP) is 4.23. The first kappa shape index (κ1) is 27.3. The molecule has 0 radical (unpaired) electrons. The molecule has 0 aromatic carbocycles. The number of amides is 1. The van der Waals surface area contributed by atoms with Gasteiger partial charge >= 0.3 is 6.09 Å². The summed E-state index contributed by atoms with van der Waals surface area (Å²) >= 11 is 0. The Balaban J connectivity index is 1.33. The zero-order valence-electron chi connectivity index (χ0n) is 24.6. The second kappa shape index (κ2) is 8.33. The predicted molar refractivity (Wildman–Crippen MR) is 145 cm³/mol. The van der Waals surface area contributed by atoms with E-state index in [4.69, 9.17) is 15.2 Å². The van der Waals surface area contributed by atoms with E-state index in [1.807, 2.05) is 0 Å². The topological polar surface area (TPSA) is 114 Å². The van der Waals surface area contributed by atoms with Crippen LogP contribution >= 0.6 is 0 Å². The molecule has 6 aliphatic rings. The van der Waals surface area contributed by atoms with Gasteiger partial charge in [0.1, 0.15) is 6.10 Å². The lowest BCUT2D eigenvalue weighted by Gasteiger charge is -2.63. The molecule has 7 heteroatoms. The quantitative estimate of drug-likeness (QED) is 0.433. The van der Waals surface area contributed by atoms with E-state index < -0.39 is 17.7 Å². The molecule has 13 atom stereocenters. The van der Waals surface area contributed by atoms with Crippen LogP contribution in [0.2, 0.25) is 0 Å². The standard InChI is InChI=1S/C31H52N2O5/c1-16(2)23(38-26(36)33-7)18-14-17(3)22-24(37-18)25(35)31(32)20-9-8-19-27(4,5)21(34)10-11-29(19)15-30(20,29)13-12-28(22,31)6/h16-25,34-35H,8-15,32H2,1-7H3,(H,33,36)/t17-,18+,19+,20?,21?,22+,23?,24-,25+,28?,29?,30?,31+/m1/s1. The number of ether oxygens (including phenoxy) is 2. The SMILES string of the molecule is CNC(=O)OC(C(C)C)[C@@H]1C[C@@H](C)[C@H]2[C@@H](O1)[C@H](O)[C@@]1(N)C3CC[C@H]4C(C)(C)C(O)CCC45CC35CCC21C. The Labute approximate surface area is 229 Å². The van der Waals surface area contributed by atoms with E-state index in [0.717, 1.165) is 38.5 Å². The highest BCUT2D eigenvalue weighted by Gasteiger charge is 2.85. The smallest absolute Gasteiger partial charge is 0.407 e. The van der Waals surface area contributed by atoms with Crippen molar-refractivity contribution < 1.29 is 24.5 Å². The molecule has 6 fully saturated rings. The Hall–Kier alpha value is -0.890. The molecule has 216 valence electrons. The summed E-state index contributed by atoms with van der Waals surface area (Å²) in [5.74, 6) is 1.38. The second-order valence-corrected chi connectivity index (χ2v) is 15.6. The largest absolute Gasteiger partial charge is 0.443 e. The van der Waals surface area contributed by atoms with Crippen LogP contribution in [0, 0.1) is 51.2 Å². The fourth-order valence-electron chi connectivity index (χ4n) is 12.0. The lowest BCUT2D eigenvalue weighted by atomic mass is 9.43. The number of rotatable bonds is 3. The van der Waals surface area contributed by atoms with Crippen molar-refractivity contribution in [2.24, 2.45) is 57.0 Å². The van der Waals surface area contributed by atoms with Gasteiger partial charge in [0.2, 0.25) is 0 Å². The summed E-state index contributed by atoms with van der Waals surface area (Å²) < 4.78 is 12.6. The molecular formula is C31H52N2O5. The Morgan fingerprint density at radius 2 is 1.71 bits per heavy atom. The number of alkyl carbamates (subject to hydrolysis) is 1. The van der Waals surface area contributed by atoms with Gasteiger partial charge in [-0.05, 0) is 103 Å². The van der Waals surface area contributed by atoms with Crippen LogP contribution in [0.4, 0.5) is 4.79 Å². The summed E-state index contributed by atoms with van der Waals surface area (Å²) in [6.07, 6.45) is 5.89. The Morgan fingerprint density at radius 3 is 2.37 bits per heavy atom. The number of hydrogen-bond donors (Lipinski definition) is 4. The maximum atomic E-state index is 12.2. The van der Waals surface area contributed by atoms with Crippen molar-refractivity contribution in [3.63, 3.8) is 0 Å². The molecule has 5 saturated carbocycles. The normalized spacial score (nSPS) is 55.0. The van der Waals surface area contributed by atoms with Gasteiger partial charge in [0.25, 0.3) is 0 Å². The van der Waals surface area contributed by atoms with Gasteiger partial charge in [0.15, 0.2) is 0 Å². The average molecular weight is 533 g/mol. The van der Waals surface area contributed by atoms with E-state index in [1.165, 1.54) is 12.8 Å². The van der Waals surface area contributed by atoms with Gasteiger partial charge in [-0.15, -0.1) is 0 Å².